The van der Waals surface area contributed by atoms with Crippen molar-refractivity contribution in [3.8, 4) is 11.5 Å². The summed E-state index contributed by atoms with van der Waals surface area (Å²) in [4.78, 5) is 3.68. The zero-order chi connectivity index (χ0) is 18.3. The highest BCUT2D eigenvalue weighted by molar-refractivity contribution is 9.10. The number of rotatable bonds is 4. The van der Waals surface area contributed by atoms with Gasteiger partial charge >= 0.3 is 0 Å². The monoisotopic (exact) mass is 450 g/mol. The zero-order valence-corrected chi connectivity index (χ0v) is 18.1. The van der Waals surface area contributed by atoms with Gasteiger partial charge in [-0.25, -0.2) is 0 Å². The van der Waals surface area contributed by atoms with Gasteiger partial charge in [0.05, 0.1) is 25.8 Å². The number of nitrogens with one attached hydrogen (secondary N) is 2. The number of hydrogen-bond donors (Lipinski definition) is 2. The minimum absolute atomic E-state index is 0. The largest absolute Gasteiger partial charge is 0.493 e. The Bertz CT molecular complexity index is 970. The number of fused-ring (bicyclic) bond motifs is 3. The van der Waals surface area contributed by atoms with Crippen molar-refractivity contribution >= 4 is 39.2 Å². The second-order valence-corrected chi connectivity index (χ2v) is 7.58. The van der Waals surface area contributed by atoms with Crippen molar-refractivity contribution in [2.24, 2.45) is 0 Å². The third-order valence-electron chi connectivity index (χ3n) is 5.25. The number of halogens is 2. The lowest BCUT2D eigenvalue weighted by Crippen LogP contribution is -2.31. The SMILES string of the molecule is COc1ccc(CC2NCCc3c2[nH]c2c(Br)c(C)ccc32)cc1OC.Cl. The second kappa shape index (κ2) is 8.13. The lowest BCUT2D eigenvalue weighted by Gasteiger charge is -2.24. The molecule has 1 aliphatic rings. The van der Waals surface area contributed by atoms with E-state index in [1.807, 2.05) is 6.07 Å². The van der Waals surface area contributed by atoms with Crippen molar-refractivity contribution in [2.75, 3.05) is 20.8 Å². The topological polar surface area (TPSA) is 46.3 Å². The minimum Gasteiger partial charge on any atom is -0.493 e. The van der Waals surface area contributed by atoms with Crippen molar-refractivity contribution in [1.82, 2.24) is 10.3 Å². The highest BCUT2D eigenvalue weighted by atomic mass is 79.9. The number of hydrogen-bond acceptors (Lipinski definition) is 3. The molecule has 144 valence electrons. The van der Waals surface area contributed by atoms with Gasteiger partial charge < -0.3 is 19.8 Å². The van der Waals surface area contributed by atoms with Crippen molar-refractivity contribution in [3.63, 3.8) is 0 Å². The Kier molecular flexibility index (Phi) is 6.04. The molecule has 0 saturated heterocycles. The van der Waals surface area contributed by atoms with E-state index in [2.05, 4.69) is 57.4 Å². The van der Waals surface area contributed by atoms with Crippen LogP contribution in [0.15, 0.2) is 34.8 Å². The van der Waals surface area contributed by atoms with E-state index in [4.69, 9.17) is 9.47 Å². The van der Waals surface area contributed by atoms with Gasteiger partial charge in [0.15, 0.2) is 11.5 Å². The van der Waals surface area contributed by atoms with Crippen LogP contribution in [0, 0.1) is 6.92 Å². The maximum Gasteiger partial charge on any atom is 0.160 e. The van der Waals surface area contributed by atoms with Gasteiger partial charge in [0.25, 0.3) is 0 Å². The van der Waals surface area contributed by atoms with Crippen LogP contribution in [-0.4, -0.2) is 25.7 Å². The summed E-state index contributed by atoms with van der Waals surface area (Å²) >= 11 is 3.75. The van der Waals surface area contributed by atoms with Crippen LogP contribution in [0.2, 0.25) is 0 Å². The first-order valence-electron chi connectivity index (χ1n) is 8.86. The summed E-state index contributed by atoms with van der Waals surface area (Å²) in [7, 11) is 3.34. The highest BCUT2D eigenvalue weighted by Gasteiger charge is 2.25. The average Bonchev–Trinajstić information content (AvgIpc) is 3.05. The molecule has 0 amide bonds. The van der Waals surface area contributed by atoms with Gasteiger partial charge in [-0.1, -0.05) is 18.2 Å². The first kappa shape index (κ1) is 20.1. The Morgan fingerprint density at radius 3 is 2.63 bits per heavy atom. The molecule has 2 aromatic carbocycles. The molecule has 3 aromatic rings. The molecule has 0 spiro atoms. The lowest BCUT2D eigenvalue weighted by atomic mass is 9.94. The summed E-state index contributed by atoms with van der Waals surface area (Å²) in [5.41, 5.74) is 6.41. The number of ether oxygens (including phenoxy) is 2. The van der Waals surface area contributed by atoms with Crippen LogP contribution < -0.4 is 14.8 Å². The summed E-state index contributed by atoms with van der Waals surface area (Å²) in [5.74, 6) is 1.54. The van der Waals surface area contributed by atoms with Gasteiger partial charge in [-0.15, -0.1) is 12.4 Å². The Balaban J connectivity index is 0.00000210. The fraction of sp³-hybridized carbons (Fsp3) is 0.333. The normalized spacial score (nSPS) is 15.9. The van der Waals surface area contributed by atoms with Crippen molar-refractivity contribution < 1.29 is 9.47 Å². The highest BCUT2D eigenvalue weighted by Crippen LogP contribution is 2.37. The van der Waals surface area contributed by atoms with E-state index in [0.29, 0.717) is 0 Å². The van der Waals surface area contributed by atoms with E-state index in [1.165, 1.54) is 33.3 Å². The zero-order valence-electron chi connectivity index (χ0n) is 15.7. The van der Waals surface area contributed by atoms with Gasteiger partial charge in [-0.2, -0.15) is 0 Å². The smallest absolute Gasteiger partial charge is 0.160 e. The average molecular weight is 452 g/mol. The molecule has 27 heavy (non-hydrogen) atoms. The Hall–Kier alpha value is -1.69. The van der Waals surface area contributed by atoms with Crippen LogP contribution in [-0.2, 0) is 12.8 Å². The Labute approximate surface area is 174 Å². The van der Waals surface area contributed by atoms with Crippen LogP contribution in [0.4, 0.5) is 0 Å². The molecule has 0 saturated carbocycles. The molecule has 0 radical (unpaired) electrons. The van der Waals surface area contributed by atoms with E-state index < -0.39 is 0 Å². The molecule has 4 nitrogen and oxygen atoms in total. The molecule has 0 bridgehead atoms. The second-order valence-electron chi connectivity index (χ2n) is 6.79. The fourth-order valence-corrected chi connectivity index (χ4v) is 4.31. The molecule has 0 fully saturated rings. The van der Waals surface area contributed by atoms with Crippen molar-refractivity contribution in [3.05, 3.63) is 57.2 Å². The molecular formula is C21H24BrClN2O2. The number of aromatic nitrogens is 1. The van der Waals surface area contributed by atoms with E-state index in [9.17, 15) is 0 Å². The van der Waals surface area contributed by atoms with Gasteiger partial charge in [0.2, 0.25) is 0 Å². The van der Waals surface area contributed by atoms with E-state index >= 15 is 0 Å². The number of H-pyrrole nitrogens is 1. The first-order chi connectivity index (χ1) is 12.6. The maximum absolute atomic E-state index is 5.45. The van der Waals surface area contributed by atoms with E-state index in [-0.39, 0.29) is 18.4 Å². The van der Waals surface area contributed by atoms with Crippen LogP contribution in [0.1, 0.15) is 28.4 Å². The molecule has 4 rings (SSSR count). The fourth-order valence-electron chi connectivity index (χ4n) is 3.87. The van der Waals surface area contributed by atoms with Crippen molar-refractivity contribution in [1.29, 1.82) is 0 Å². The molecule has 6 heteroatoms. The van der Waals surface area contributed by atoms with Gasteiger partial charge in [0.1, 0.15) is 0 Å². The molecule has 2 heterocycles. The molecule has 1 unspecified atom stereocenters. The maximum atomic E-state index is 5.45. The minimum atomic E-state index is 0. The molecule has 2 N–H and O–H groups in total. The van der Waals surface area contributed by atoms with Gasteiger partial charge in [-0.3, -0.25) is 0 Å². The van der Waals surface area contributed by atoms with Crippen molar-refractivity contribution in [2.45, 2.75) is 25.8 Å². The van der Waals surface area contributed by atoms with Gasteiger partial charge in [0, 0.05) is 15.6 Å². The van der Waals surface area contributed by atoms with Gasteiger partial charge in [-0.05, 0) is 71.1 Å². The molecule has 1 atom stereocenters. The summed E-state index contributed by atoms with van der Waals surface area (Å²) in [6.07, 6.45) is 1.95. The lowest BCUT2D eigenvalue weighted by molar-refractivity contribution is 0.354. The Morgan fingerprint density at radius 2 is 1.89 bits per heavy atom. The van der Waals surface area contributed by atoms with E-state index in [0.717, 1.165) is 35.4 Å². The summed E-state index contributed by atoms with van der Waals surface area (Å²) in [5, 5.41) is 5.00. The predicted octanol–water partition coefficient (Wildman–Crippen LogP) is 5.11. The predicted molar refractivity (Wildman–Crippen MR) is 116 cm³/mol. The number of benzene rings is 2. The van der Waals surface area contributed by atoms with Crippen LogP contribution in [0.5, 0.6) is 11.5 Å². The third kappa shape index (κ3) is 3.56. The molecule has 1 aliphatic heterocycles. The summed E-state index contributed by atoms with van der Waals surface area (Å²) in [6, 6.07) is 10.8. The number of methoxy groups -OCH3 is 2. The number of aromatic amines is 1. The van der Waals surface area contributed by atoms with Crippen LogP contribution >= 0.6 is 28.3 Å². The molecular weight excluding hydrogens is 428 g/mol. The number of aryl methyl sites for hydroxylation is 1. The van der Waals surface area contributed by atoms with E-state index in [1.54, 1.807) is 14.2 Å². The summed E-state index contributed by atoms with van der Waals surface area (Å²) in [6.45, 7) is 3.12. The first-order valence-corrected chi connectivity index (χ1v) is 9.65. The molecule has 1 aromatic heterocycles. The summed E-state index contributed by atoms with van der Waals surface area (Å²) < 4.78 is 12.0. The van der Waals surface area contributed by atoms with Crippen LogP contribution in [0.25, 0.3) is 10.9 Å². The Morgan fingerprint density at radius 1 is 1.11 bits per heavy atom. The molecule has 0 aliphatic carbocycles. The van der Waals surface area contributed by atoms with Crippen LogP contribution in [0.3, 0.4) is 0 Å². The third-order valence-corrected chi connectivity index (χ3v) is 6.27. The standard InChI is InChI=1S/C21H23BrN2O2.ClH/c1-12-4-6-14-15-8-9-23-16(20(15)24-21(14)19(12)22)10-13-5-7-17(25-2)18(11-13)26-3;/h4-7,11,16,23-24H,8-10H2,1-3H3;1H. The quantitative estimate of drug-likeness (QED) is 0.579.